The standard InChI is InChI=1S/C16H26N4O2.HI/c1-13(2)12-19-16(17-3)18-11-5-4-6-14-7-9-15(10-8-14)20(21)22;/h7-10,13H,4-6,11-12H2,1-3H3,(H2,17,18,19);1H. The average molecular weight is 434 g/mol. The van der Waals surface area contributed by atoms with Gasteiger partial charge in [0.2, 0.25) is 0 Å². The van der Waals surface area contributed by atoms with Gasteiger partial charge < -0.3 is 10.6 Å². The summed E-state index contributed by atoms with van der Waals surface area (Å²) in [5.74, 6) is 1.42. The molecule has 6 nitrogen and oxygen atoms in total. The molecule has 0 radical (unpaired) electrons. The molecule has 0 atom stereocenters. The van der Waals surface area contributed by atoms with Crippen LogP contribution in [-0.4, -0.2) is 31.0 Å². The zero-order chi connectivity index (χ0) is 16.4. The van der Waals surface area contributed by atoms with Crippen LogP contribution in [0.25, 0.3) is 0 Å². The molecule has 23 heavy (non-hydrogen) atoms. The first-order valence-electron chi connectivity index (χ1n) is 7.70. The predicted octanol–water partition coefficient (Wildman–Crippen LogP) is 3.36. The van der Waals surface area contributed by atoms with Crippen molar-refractivity contribution < 1.29 is 4.92 Å². The van der Waals surface area contributed by atoms with E-state index < -0.39 is 0 Å². The van der Waals surface area contributed by atoms with Crippen molar-refractivity contribution in [2.45, 2.75) is 33.1 Å². The van der Waals surface area contributed by atoms with E-state index in [1.165, 1.54) is 0 Å². The van der Waals surface area contributed by atoms with Gasteiger partial charge in [-0.1, -0.05) is 26.0 Å². The molecule has 0 heterocycles. The Morgan fingerprint density at radius 3 is 2.39 bits per heavy atom. The van der Waals surface area contributed by atoms with E-state index in [1.807, 2.05) is 12.1 Å². The summed E-state index contributed by atoms with van der Waals surface area (Å²) in [5.41, 5.74) is 1.28. The highest BCUT2D eigenvalue weighted by atomic mass is 127. The van der Waals surface area contributed by atoms with Crippen LogP contribution >= 0.6 is 24.0 Å². The number of nitro benzene ring substituents is 1. The number of hydrogen-bond donors (Lipinski definition) is 2. The zero-order valence-corrected chi connectivity index (χ0v) is 16.4. The molecular weight excluding hydrogens is 407 g/mol. The molecule has 1 aromatic carbocycles. The average Bonchev–Trinajstić information content (AvgIpc) is 2.50. The molecule has 0 bridgehead atoms. The third-order valence-corrected chi connectivity index (χ3v) is 3.23. The number of halogens is 1. The number of nitro groups is 1. The molecule has 0 fully saturated rings. The Hall–Kier alpha value is -1.38. The van der Waals surface area contributed by atoms with E-state index in [1.54, 1.807) is 19.2 Å². The normalized spacial score (nSPS) is 11.0. The Morgan fingerprint density at radius 1 is 1.22 bits per heavy atom. The summed E-state index contributed by atoms with van der Waals surface area (Å²) in [5, 5.41) is 17.1. The van der Waals surface area contributed by atoms with Crippen LogP contribution in [0.4, 0.5) is 5.69 Å². The Morgan fingerprint density at radius 2 is 1.87 bits per heavy atom. The lowest BCUT2D eigenvalue weighted by Crippen LogP contribution is -2.39. The van der Waals surface area contributed by atoms with Gasteiger partial charge in [0.1, 0.15) is 0 Å². The molecule has 130 valence electrons. The first-order valence-corrected chi connectivity index (χ1v) is 7.70. The van der Waals surface area contributed by atoms with Crippen molar-refractivity contribution in [1.29, 1.82) is 0 Å². The minimum absolute atomic E-state index is 0. The van der Waals surface area contributed by atoms with Gasteiger partial charge in [0.25, 0.3) is 5.69 Å². The second-order valence-electron chi connectivity index (χ2n) is 5.65. The fourth-order valence-corrected chi connectivity index (χ4v) is 1.97. The fourth-order valence-electron chi connectivity index (χ4n) is 1.97. The maximum atomic E-state index is 10.6. The van der Waals surface area contributed by atoms with E-state index in [9.17, 15) is 10.1 Å². The van der Waals surface area contributed by atoms with Crippen LogP contribution in [0.3, 0.4) is 0 Å². The molecule has 1 rings (SSSR count). The van der Waals surface area contributed by atoms with Gasteiger partial charge in [-0.2, -0.15) is 0 Å². The topological polar surface area (TPSA) is 79.6 Å². The number of guanidine groups is 1. The first-order chi connectivity index (χ1) is 10.5. The van der Waals surface area contributed by atoms with Gasteiger partial charge in [-0.15, -0.1) is 24.0 Å². The minimum Gasteiger partial charge on any atom is -0.356 e. The van der Waals surface area contributed by atoms with Crippen LogP contribution in [0.1, 0.15) is 32.3 Å². The minimum atomic E-state index is -0.372. The molecule has 0 aliphatic heterocycles. The number of aliphatic imine (C=N–C) groups is 1. The second kappa shape index (κ2) is 12.1. The zero-order valence-electron chi connectivity index (χ0n) is 14.0. The van der Waals surface area contributed by atoms with Crippen molar-refractivity contribution >= 4 is 35.6 Å². The fraction of sp³-hybridized carbons (Fsp3) is 0.562. The van der Waals surface area contributed by atoms with Crippen molar-refractivity contribution in [3.63, 3.8) is 0 Å². The summed E-state index contributed by atoms with van der Waals surface area (Å²) < 4.78 is 0. The van der Waals surface area contributed by atoms with E-state index in [4.69, 9.17) is 0 Å². The molecule has 7 heteroatoms. The largest absolute Gasteiger partial charge is 0.356 e. The first kappa shape index (κ1) is 21.6. The summed E-state index contributed by atoms with van der Waals surface area (Å²) in [4.78, 5) is 14.4. The van der Waals surface area contributed by atoms with Gasteiger partial charge >= 0.3 is 0 Å². The van der Waals surface area contributed by atoms with Crippen LogP contribution in [0.15, 0.2) is 29.3 Å². The lowest BCUT2D eigenvalue weighted by atomic mass is 10.1. The lowest BCUT2D eigenvalue weighted by molar-refractivity contribution is -0.384. The molecule has 0 unspecified atom stereocenters. The second-order valence-corrected chi connectivity index (χ2v) is 5.65. The Kier molecular flexibility index (Phi) is 11.4. The summed E-state index contributed by atoms with van der Waals surface area (Å²) in [6.45, 7) is 6.09. The van der Waals surface area contributed by atoms with E-state index >= 15 is 0 Å². The number of rotatable bonds is 8. The number of hydrogen-bond acceptors (Lipinski definition) is 3. The maximum Gasteiger partial charge on any atom is 0.269 e. The molecule has 2 N–H and O–H groups in total. The molecule has 0 aliphatic rings. The Labute approximate surface area is 155 Å². The van der Waals surface area contributed by atoms with Crippen LogP contribution in [0, 0.1) is 16.0 Å². The Balaban J connectivity index is 0.00000484. The number of non-ortho nitro benzene ring substituents is 1. The molecular formula is C16H27IN4O2. The molecule has 0 saturated carbocycles. The number of nitrogens with zero attached hydrogens (tertiary/aromatic N) is 2. The van der Waals surface area contributed by atoms with E-state index in [0.717, 1.165) is 43.9 Å². The molecule has 1 aromatic rings. The number of benzene rings is 1. The quantitative estimate of drug-likeness (QED) is 0.164. The van der Waals surface area contributed by atoms with Crippen LogP contribution in [0.2, 0.25) is 0 Å². The number of aryl methyl sites for hydroxylation is 1. The summed E-state index contributed by atoms with van der Waals surface area (Å²) in [7, 11) is 1.77. The highest BCUT2D eigenvalue weighted by Gasteiger charge is 2.03. The Bertz CT molecular complexity index is 489. The molecule has 0 amide bonds. The molecule has 0 aromatic heterocycles. The highest BCUT2D eigenvalue weighted by molar-refractivity contribution is 14.0. The van der Waals surface area contributed by atoms with Gasteiger partial charge in [0, 0.05) is 32.3 Å². The van der Waals surface area contributed by atoms with Gasteiger partial charge in [0.15, 0.2) is 5.96 Å². The monoisotopic (exact) mass is 434 g/mol. The van der Waals surface area contributed by atoms with Crippen LogP contribution < -0.4 is 10.6 Å². The molecule has 0 spiro atoms. The van der Waals surface area contributed by atoms with Crippen LogP contribution in [0.5, 0.6) is 0 Å². The van der Waals surface area contributed by atoms with Crippen molar-refractivity contribution in [3.8, 4) is 0 Å². The van der Waals surface area contributed by atoms with E-state index in [2.05, 4.69) is 29.5 Å². The molecule has 0 aliphatic carbocycles. The third kappa shape index (κ3) is 9.37. The van der Waals surface area contributed by atoms with Crippen molar-refractivity contribution in [2.75, 3.05) is 20.1 Å². The lowest BCUT2D eigenvalue weighted by Gasteiger charge is -2.13. The summed E-state index contributed by atoms with van der Waals surface area (Å²) in [6, 6.07) is 6.78. The van der Waals surface area contributed by atoms with Crippen molar-refractivity contribution in [2.24, 2.45) is 10.9 Å². The molecule has 0 saturated heterocycles. The summed E-state index contributed by atoms with van der Waals surface area (Å²) >= 11 is 0. The van der Waals surface area contributed by atoms with Crippen molar-refractivity contribution in [3.05, 3.63) is 39.9 Å². The van der Waals surface area contributed by atoms with Gasteiger partial charge in [0.05, 0.1) is 4.92 Å². The number of nitrogens with one attached hydrogen (secondary N) is 2. The van der Waals surface area contributed by atoms with Gasteiger partial charge in [-0.05, 0) is 30.7 Å². The van der Waals surface area contributed by atoms with E-state index in [-0.39, 0.29) is 34.6 Å². The van der Waals surface area contributed by atoms with Crippen LogP contribution in [-0.2, 0) is 6.42 Å². The van der Waals surface area contributed by atoms with Gasteiger partial charge in [-0.25, -0.2) is 0 Å². The van der Waals surface area contributed by atoms with E-state index in [0.29, 0.717) is 5.92 Å². The third-order valence-electron chi connectivity index (χ3n) is 3.23. The highest BCUT2D eigenvalue weighted by Crippen LogP contribution is 2.13. The predicted molar refractivity (Wildman–Crippen MR) is 106 cm³/mol. The maximum absolute atomic E-state index is 10.6. The summed E-state index contributed by atoms with van der Waals surface area (Å²) in [6.07, 6.45) is 2.99. The smallest absolute Gasteiger partial charge is 0.269 e. The number of unbranched alkanes of at least 4 members (excludes halogenated alkanes) is 1. The van der Waals surface area contributed by atoms with Gasteiger partial charge in [-0.3, -0.25) is 15.1 Å². The van der Waals surface area contributed by atoms with Crippen molar-refractivity contribution in [1.82, 2.24) is 10.6 Å². The SMILES string of the molecule is CN=C(NCCCCc1ccc([N+](=O)[O-])cc1)NCC(C)C.I.